The average Bonchev–Trinajstić information content (AvgIpc) is 3.12. The fourth-order valence-corrected chi connectivity index (χ4v) is 4.08. The number of halogens is 3. The number of aromatic nitrogens is 2. The molecule has 1 fully saturated rings. The van der Waals surface area contributed by atoms with Crippen LogP contribution < -0.4 is 10.2 Å². The number of amides is 2. The van der Waals surface area contributed by atoms with Gasteiger partial charge in [0.25, 0.3) is 0 Å². The fraction of sp³-hybridized carbons (Fsp3) is 0.455. The number of H-pyrrole nitrogens is 1. The number of benzene rings is 1. The highest BCUT2D eigenvalue weighted by Gasteiger charge is 2.37. The molecular formula is C22H25F3N6O2. The van der Waals surface area contributed by atoms with Crippen LogP contribution in [0.3, 0.4) is 0 Å². The van der Waals surface area contributed by atoms with Gasteiger partial charge in [0.05, 0.1) is 29.4 Å². The lowest BCUT2D eigenvalue weighted by Gasteiger charge is -2.42. The van der Waals surface area contributed by atoms with Crippen LogP contribution in [0.2, 0.25) is 0 Å². The Kier molecular flexibility index (Phi) is 6.95. The molecule has 8 nitrogen and oxygen atoms in total. The number of likely N-dealkylation sites (N-methyl/N-ethyl adjacent to an activating group) is 1. The van der Waals surface area contributed by atoms with Gasteiger partial charge < -0.3 is 15.1 Å². The highest BCUT2D eigenvalue weighted by atomic mass is 19.4. The molecule has 33 heavy (non-hydrogen) atoms. The third kappa shape index (κ3) is 5.10. The maximum atomic E-state index is 13.4. The molecule has 1 atom stereocenters. The van der Waals surface area contributed by atoms with E-state index in [-0.39, 0.29) is 37.6 Å². The number of hydrogen-bond acceptors (Lipinski definition) is 5. The molecule has 2 heterocycles. The molecule has 0 bridgehead atoms. The Morgan fingerprint density at radius 2 is 2.03 bits per heavy atom. The minimum Gasteiger partial charge on any atom is -0.357 e. The van der Waals surface area contributed by atoms with Crippen LogP contribution in [0, 0.1) is 25.2 Å². The summed E-state index contributed by atoms with van der Waals surface area (Å²) in [5, 5.41) is 18.6. The number of carbonyl (C=O) groups is 2. The van der Waals surface area contributed by atoms with Gasteiger partial charge >= 0.3 is 6.18 Å². The quantitative estimate of drug-likeness (QED) is 0.710. The van der Waals surface area contributed by atoms with Gasteiger partial charge in [-0.3, -0.25) is 14.7 Å². The number of piperazine rings is 1. The van der Waals surface area contributed by atoms with E-state index in [2.05, 4.69) is 15.5 Å². The minimum absolute atomic E-state index is 0.0449. The highest BCUT2D eigenvalue weighted by molar-refractivity contribution is 5.87. The van der Waals surface area contributed by atoms with Gasteiger partial charge in [-0.15, -0.1) is 0 Å². The first kappa shape index (κ1) is 24.1. The summed E-state index contributed by atoms with van der Waals surface area (Å²) >= 11 is 0. The molecule has 1 aliphatic rings. The fourth-order valence-electron chi connectivity index (χ4n) is 4.08. The number of carbonyl (C=O) groups excluding carboxylic acids is 2. The first-order valence-corrected chi connectivity index (χ1v) is 10.4. The molecule has 1 saturated heterocycles. The second kappa shape index (κ2) is 9.52. The molecule has 0 spiro atoms. The van der Waals surface area contributed by atoms with Crippen molar-refractivity contribution in [2.45, 2.75) is 38.9 Å². The number of rotatable bonds is 5. The number of anilines is 1. The molecule has 1 aromatic carbocycles. The van der Waals surface area contributed by atoms with E-state index in [9.17, 15) is 22.8 Å². The number of nitriles is 1. The maximum Gasteiger partial charge on any atom is 0.417 e. The van der Waals surface area contributed by atoms with Crippen molar-refractivity contribution < 1.29 is 22.8 Å². The number of nitrogens with one attached hydrogen (secondary N) is 2. The van der Waals surface area contributed by atoms with E-state index >= 15 is 0 Å². The SMILES string of the molecule is CNC(=O)C1CN(C(=O)CCc2c(C)n[nH]c2C)CCN1c1ccc(C#N)c(C(F)(F)F)c1. The van der Waals surface area contributed by atoms with Gasteiger partial charge in [0.15, 0.2) is 0 Å². The number of hydrogen-bond donors (Lipinski definition) is 2. The summed E-state index contributed by atoms with van der Waals surface area (Å²) in [6, 6.07) is 4.08. The van der Waals surface area contributed by atoms with Crippen molar-refractivity contribution in [2.75, 3.05) is 31.6 Å². The van der Waals surface area contributed by atoms with Crippen molar-refractivity contribution in [1.82, 2.24) is 20.4 Å². The predicted octanol–water partition coefficient (Wildman–Crippen LogP) is 2.31. The molecule has 1 aliphatic heterocycles. The van der Waals surface area contributed by atoms with Crippen molar-refractivity contribution in [3.8, 4) is 6.07 Å². The number of nitrogens with zero attached hydrogens (tertiary/aromatic N) is 4. The lowest BCUT2D eigenvalue weighted by atomic mass is 10.0. The molecule has 1 unspecified atom stereocenters. The second-order valence-electron chi connectivity index (χ2n) is 7.92. The molecule has 1 aromatic heterocycles. The van der Waals surface area contributed by atoms with E-state index in [0.717, 1.165) is 29.1 Å². The standard InChI is InChI=1S/C22H25F3N6O2/c1-13-17(14(2)29-28-13)6-7-20(32)30-8-9-31(19(12-30)21(33)27-3)16-5-4-15(11-26)18(10-16)22(23,24)25/h4-5,10,19H,6-9,12H2,1-3H3,(H,27,33)(H,28,29). The molecule has 2 N–H and O–H groups in total. The minimum atomic E-state index is -4.70. The van der Waals surface area contributed by atoms with Crippen LogP contribution >= 0.6 is 0 Å². The van der Waals surface area contributed by atoms with E-state index in [4.69, 9.17) is 5.26 Å². The van der Waals surface area contributed by atoms with E-state index in [1.165, 1.54) is 13.1 Å². The molecular weight excluding hydrogens is 437 g/mol. The maximum absolute atomic E-state index is 13.4. The van der Waals surface area contributed by atoms with Crippen LogP contribution in [0.1, 0.15) is 34.5 Å². The summed E-state index contributed by atoms with van der Waals surface area (Å²) in [6.07, 6.45) is -3.97. The normalized spacial score (nSPS) is 16.5. The van der Waals surface area contributed by atoms with Gasteiger partial charge in [-0.2, -0.15) is 23.5 Å². The topological polar surface area (TPSA) is 105 Å². The Morgan fingerprint density at radius 3 is 2.61 bits per heavy atom. The van der Waals surface area contributed by atoms with E-state index in [0.29, 0.717) is 6.42 Å². The van der Waals surface area contributed by atoms with Crippen LogP contribution in [-0.4, -0.2) is 59.6 Å². The summed E-state index contributed by atoms with van der Waals surface area (Å²) in [6.45, 7) is 4.22. The predicted molar refractivity (Wildman–Crippen MR) is 114 cm³/mol. The number of aryl methyl sites for hydroxylation is 2. The Bertz CT molecular complexity index is 1070. The molecule has 0 aliphatic carbocycles. The first-order chi connectivity index (χ1) is 15.6. The van der Waals surface area contributed by atoms with Crippen molar-refractivity contribution in [1.29, 1.82) is 5.26 Å². The third-order valence-corrected chi connectivity index (χ3v) is 5.91. The van der Waals surface area contributed by atoms with Gasteiger partial charge in [0, 0.05) is 37.9 Å². The largest absolute Gasteiger partial charge is 0.417 e. The van der Waals surface area contributed by atoms with Crippen molar-refractivity contribution in [3.05, 3.63) is 46.3 Å². The van der Waals surface area contributed by atoms with Crippen molar-refractivity contribution in [2.24, 2.45) is 0 Å². The van der Waals surface area contributed by atoms with Gasteiger partial charge in [-0.25, -0.2) is 0 Å². The van der Waals surface area contributed by atoms with E-state index in [1.54, 1.807) is 15.9 Å². The van der Waals surface area contributed by atoms with Crippen LogP contribution in [-0.2, 0) is 22.2 Å². The lowest BCUT2D eigenvalue weighted by Crippen LogP contribution is -2.60. The Hall–Kier alpha value is -3.55. The van der Waals surface area contributed by atoms with Gasteiger partial charge in [-0.05, 0) is 44.0 Å². The summed E-state index contributed by atoms with van der Waals surface area (Å²) in [5.41, 5.74) is 1.34. The summed E-state index contributed by atoms with van der Waals surface area (Å²) in [4.78, 5) is 28.5. The Morgan fingerprint density at radius 1 is 1.30 bits per heavy atom. The molecule has 176 valence electrons. The Labute approximate surface area is 189 Å². The lowest BCUT2D eigenvalue weighted by molar-refractivity contribution is -0.137. The zero-order chi connectivity index (χ0) is 24.3. The molecule has 3 rings (SSSR count). The van der Waals surface area contributed by atoms with Gasteiger partial charge in [-0.1, -0.05) is 0 Å². The number of alkyl halides is 3. The van der Waals surface area contributed by atoms with Crippen LogP contribution in [0.4, 0.5) is 18.9 Å². The monoisotopic (exact) mass is 462 g/mol. The molecule has 2 aromatic rings. The van der Waals surface area contributed by atoms with Gasteiger partial charge in [0.1, 0.15) is 6.04 Å². The summed E-state index contributed by atoms with van der Waals surface area (Å²) in [7, 11) is 1.44. The van der Waals surface area contributed by atoms with Crippen molar-refractivity contribution >= 4 is 17.5 Å². The average molecular weight is 462 g/mol. The second-order valence-corrected chi connectivity index (χ2v) is 7.92. The zero-order valence-electron chi connectivity index (χ0n) is 18.6. The van der Waals surface area contributed by atoms with Crippen LogP contribution in [0.25, 0.3) is 0 Å². The molecule has 0 saturated carbocycles. The van der Waals surface area contributed by atoms with Crippen LogP contribution in [0.5, 0.6) is 0 Å². The van der Waals surface area contributed by atoms with Crippen molar-refractivity contribution in [3.63, 3.8) is 0 Å². The Balaban J connectivity index is 1.80. The number of aromatic amines is 1. The summed E-state index contributed by atoms with van der Waals surface area (Å²) in [5.74, 6) is -0.550. The van der Waals surface area contributed by atoms with Gasteiger partial charge in [0.2, 0.25) is 11.8 Å². The first-order valence-electron chi connectivity index (χ1n) is 10.4. The molecule has 0 radical (unpaired) electrons. The van der Waals surface area contributed by atoms with E-state index < -0.39 is 29.3 Å². The third-order valence-electron chi connectivity index (χ3n) is 5.91. The highest BCUT2D eigenvalue weighted by Crippen LogP contribution is 2.35. The summed E-state index contributed by atoms with van der Waals surface area (Å²) < 4.78 is 40.3. The molecule has 11 heteroatoms. The zero-order valence-corrected chi connectivity index (χ0v) is 18.6. The smallest absolute Gasteiger partial charge is 0.357 e. The molecule has 2 amide bonds. The van der Waals surface area contributed by atoms with E-state index in [1.807, 2.05) is 13.8 Å². The van der Waals surface area contributed by atoms with Crippen LogP contribution in [0.15, 0.2) is 18.2 Å².